The fourth-order valence-corrected chi connectivity index (χ4v) is 3.50. The Kier molecular flexibility index (Phi) is 7.32. The van der Waals surface area contributed by atoms with Crippen molar-refractivity contribution in [3.63, 3.8) is 0 Å². The van der Waals surface area contributed by atoms with Gasteiger partial charge in [0.2, 0.25) is 5.91 Å². The molecule has 1 amide bonds. The van der Waals surface area contributed by atoms with Crippen LogP contribution in [0.5, 0.6) is 0 Å². The summed E-state index contributed by atoms with van der Waals surface area (Å²) < 4.78 is 0. The van der Waals surface area contributed by atoms with Crippen LogP contribution in [0.25, 0.3) is 0 Å². The first kappa shape index (κ1) is 21.4. The average Bonchev–Trinajstić information content (AvgIpc) is 2.75. The molecule has 3 rings (SSSR count). The Bertz CT molecular complexity index is 908. The van der Waals surface area contributed by atoms with Crippen LogP contribution in [0.1, 0.15) is 29.7 Å². The van der Waals surface area contributed by atoms with E-state index >= 15 is 0 Å². The lowest BCUT2D eigenvalue weighted by atomic mass is 9.98. The van der Waals surface area contributed by atoms with Gasteiger partial charge in [0, 0.05) is 6.54 Å². The molecule has 0 saturated heterocycles. The quantitative estimate of drug-likeness (QED) is 0.523. The lowest BCUT2D eigenvalue weighted by molar-refractivity contribution is -0.126. The third-order valence-electron chi connectivity index (χ3n) is 5.01. The van der Waals surface area contributed by atoms with Gasteiger partial charge in [-0.05, 0) is 42.8 Å². The van der Waals surface area contributed by atoms with E-state index in [2.05, 4.69) is 5.32 Å². The summed E-state index contributed by atoms with van der Waals surface area (Å²) in [6, 6.07) is 25.0. The highest BCUT2D eigenvalue weighted by atomic mass is 35.5. The lowest BCUT2D eigenvalue weighted by Crippen LogP contribution is -2.44. The van der Waals surface area contributed by atoms with Crippen molar-refractivity contribution < 1.29 is 4.79 Å². The minimum absolute atomic E-state index is 0.0368. The Morgan fingerprint density at radius 1 is 0.897 bits per heavy atom. The fraction of sp³-hybridized carbons (Fsp3) is 0.208. The van der Waals surface area contributed by atoms with Gasteiger partial charge in [-0.3, -0.25) is 9.69 Å². The third kappa shape index (κ3) is 5.60. The average molecular weight is 427 g/mol. The van der Waals surface area contributed by atoms with Crippen molar-refractivity contribution in [2.45, 2.75) is 25.6 Å². The van der Waals surface area contributed by atoms with Gasteiger partial charge in [0.25, 0.3) is 0 Å². The van der Waals surface area contributed by atoms with Crippen molar-refractivity contribution in [2.24, 2.45) is 0 Å². The number of benzene rings is 3. The summed E-state index contributed by atoms with van der Waals surface area (Å²) in [6.07, 6.45) is 0. The van der Waals surface area contributed by atoms with Crippen molar-refractivity contribution in [3.05, 3.63) is 106 Å². The SMILES string of the molecule is C[C@@H](C(=O)NC(c1ccccc1)c1ccccc1)N(C)Cc1ccc(Cl)c(Cl)c1. The Morgan fingerprint density at radius 3 is 1.97 bits per heavy atom. The van der Waals surface area contributed by atoms with E-state index in [0.717, 1.165) is 16.7 Å². The van der Waals surface area contributed by atoms with Gasteiger partial charge in [0.15, 0.2) is 0 Å². The van der Waals surface area contributed by atoms with E-state index in [0.29, 0.717) is 16.6 Å². The van der Waals surface area contributed by atoms with Crippen LogP contribution in [0.15, 0.2) is 78.9 Å². The molecule has 0 bridgehead atoms. The van der Waals surface area contributed by atoms with Gasteiger partial charge in [-0.1, -0.05) is 89.9 Å². The van der Waals surface area contributed by atoms with Crippen molar-refractivity contribution >= 4 is 29.1 Å². The summed E-state index contributed by atoms with van der Waals surface area (Å²) in [5.41, 5.74) is 3.10. The number of halogens is 2. The van der Waals surface area contributed by atoms with Gasteiger partial charge < -0.3 is 5.32 Å². The van der Waals surface area contributed by atoms with Gasteiger partial charge in [0.1, 0.15) is 0 Å². The monoisotopic (exact) mass is 426 g/mol. The normalized spacial score (nSPS) is 12.2. The van der Waals surface area contributed by atoms with Crippen molar-refractivity contribution in [2.75, 3.05) is 7.05 Å². The molecule has 5 heteroatoms. The summed E-state index contributed by atoms with van der Waals surface area (Å²) in [4.78, 5) is 15.0. The maximum absolute atomic E-state index is 13.1. The lowest BCUT2D eigenvalue weighted by Gasteiger charge is -2.27. The highest BCUT2D eigenvalue weighted by Gasteiger charge is 2.23. The molecule has 0 spiro atoms. The molecule has 0 radical (unpaired) electrons. The van der Waals surface area contributed by atoms with Crippen molar-refractivity contribution in [1.29, 1.82) is 0 Å². The Labute approximate surface area is 182 Å². The number of likely N-dealkylation sites (N-methyl/N-ethyl adjacent to an activating group) is 1. The van der Waals surface area contributed by atoms with E-state index in [4.69, 9.17) is 23.2 Å². The second kappa shape index (κ2) is 9.93. The molecule has 0 heterocycles. The maximum Gasteiger partial charge on any atom is 0.237 e. The maximum atomic E-state index is 13.1. The molecule has 29 heavy (non-hydrogen) atoms. The van der Waals surface area contributed by atoms with Crippen LogP contribution in [0.4, 0.5) is 0 Å². The number of carbonyl (C=O) groups excluding carboxylic acids is 1. The number of hydrogen-bond donors (Lipinski definition) is 1. The van der Waals surface area contributed by atoms with Gasteiger partial charge in [-0.2, -0.15) is 0 Å². The molecular formula is C24H24Cl2N2O. The summed E-state index contributed by atoms with van der Waals surface area (Å²) in [5, 5.41) is 4.25. The molecule has 0 saturated carbocycles. The Morgan fingerprint density at radius 2 is 1.45 bits per heavy atom. The summed E-state index contributed by atoms with van der Waals surface area (Å²) >= 11 is 12.1. The molecule has 1 atom stereocenters. The molecule has 3 aromatic carbocycles. The molecule has 3 aromatic rings. The molecular weight excluding hydrogens is 403 g/mol. The highest BCUT2D eigenvalue weighted by Crippen LogP contribution is 2.24. The largest absolute Gasteiger partial charge is 0.344 e. The van der Waals surface area contributed by atoms with E-state index in [9.17, 15) is 4.79 Å². The number of hydrogen-bond acceptors (Lipinski definition) is 2. The molecule has 0 aliphatic carbocycles. The van der Waals surface area contributed by atoms with E-state index in [1.807, 2.05) is 91.7 Å². The predicted octanol–water partition coefficient (Wildman–Crippen LogP) is 5.72. The summed E-state index contributed by atoms with van der Waals surface area (Å²) in [6.45, 7) is 2.49. The molecule has 0 aliphatic heterocycles. The fourth-order valence-electron chi connectivity index (χ4n) is 3.18. The van der Waals surface area contributed by atoms with Gasteiger partial charge in [-0.25, -0.2) is 0 Å². The molecule has 3 nitrogen and oxygen atoms in total. The highest BCUT2D eigenvalue weighted by molar-refractivity contribution is 6.42. The number of amides is 1. The topological polar surface area (TPSA) is 32.3 Å². The predicted molar refractivity (Wildman–Crippen MR) is 120 cm³/mol. The molecule has 0 aliphatic rings. The smallest absolute Gasteiger partial charge is 0.237 e. The van der Waals surface area contributed by atoms with Crippen LogP contribution in [-0.4, -0.2) is 23.9 Å². The van der Waals surface area contributed by atoms with Crippen LogP contribution < -0.4 is 5.32 Å². The Balaban J connectivity index is 1.73. The zero-order chi connectivity index (χ0) is 20.8. The summed E-state index contributed by atoms with van der Waals surface area (Å²) in [5.74, 6) is -0.0368. The second-order valence-corrected chi connectivity index (χ2v) is 7.92. The van der Waals surface area contributed by atoms with Crippen LogP contribution >= 0.6 is 23.2 Å². The van der Waals surface area contributed by atoms with Crippen LogP contribution in [-0.2, 0) is 11.3 Å². The first-order chi connectivity index (χ1) is 14.0. The van der Waals surface area contributed by atoms with E-state index in [1.54, 1.807) is 6.07 Å². The first-order valence-corrected chi connectivity index (χ1v) is 10.3. The zero-order valence-corrected chi connectivity index (χ0v) is 18.0. The van der Waals surface area contributed by atoms with Gasteiger partial charge in [-0.15, -0.1) is 0 Å². The van der Waals surface area contributed by atoms with Gasteiger partial charge >= 0.3 is 0 Å². The van der Waals surface area contributed by atoms with Crippen molar-refractivity contribution in [3.8, 4) is 0 Å². The molecule has 150 valence electrons. The zero-order valence-electron chi connectivity index (χ0n) is 16.5. The van der Waals surface area contributed by atoms with Crippen LogP contribution in [0.3, 0.4) is 0 Å². The number of nitrogens with zero attached hydrogens (tertiary/aromatic N) is 1. The molecule has 0 fully saturated rings. The molecule has 1 N–H and O–H groups in total. The van der Waals surface area contributed by atoms with Gasteiger partial charge in [0.05, 0.1) is 22.1 Å². The molecule has 0 unspecified atom stereocenters. The number of carbonyl (C=O) groups is 1. The summed E-state index contributed by atoms with van der Waals surface area (Å²) in [7, 11) is 1.92. The van der Waals surface area contributed by atoms with Crippen LogP contribution in [0.2, 0.25) is 10.0 Å². The van der Waals surface area contributed by atoms with Crippen LogP contribution in [0, 0.1) is 0 Å². The number of nitrogens with one attached hydrogen (secondary N) is 1. The van der Waals surface area contributed by atoms with E-state index in [1.165, 1.54) is 0 Å². The van der Waals surface area contributed by atoms with Crippen molar-refractivity contribution in [1.82, 2.24) is 10.2 Å². The minimum Gasteiger partial charge on any atom is -0.344 e. The Hall–Kier alpha value is -2.33. The van der Waals surface area contributed by atoms with E-state index < -0.39 is 0 Å². The minimum atomic E-state index is -0.320. The third-order valence-corrected chi connectivity index (χ3v) is 5.75. The molecule has 0 aromatic heterocycles. The number of rotatable bonds is 7. The van der Waals surface area contributed by atoms with E-state index in [-0.39, 0.29) is 18.0 Å². The first-order valence-electron chi connectivity index (χ1n) is 9.50. The second-order valence-electron chi connectivity index (χ2n) is 7.10. The standard InChI is InChI=1S/C24H24Cl2N2O/c1-17(28(2)16-18-13-14-21(25)22(26)15-18)24(29)27-23(19-9-5-3-6-10-19)20-11-7-4-8-12-20/h3-15,17,23H,16H2,1-2H3,(H,27,29)/t17-/m0/s1.